The minimum absolute atomic E-state index is 0.101. The minimum Gasteiger partial charge on any atom is -0.375 e. The van der Waals surface area contributed by atoms with Gasteiger partial charge in [-0.1, -0.05) is 60.7 Å². The highest BCUT2D eigenvalue weighted by atomic mass is 32.2. The van der Waals surface area contributed by atoms with Crippen LogP contribution in [0.2, 0.25) is 0 Å². The Kier molecular flexibility index (Phi) is 5.06. The van der Waals surface area contributed by atoms with Crippen molar-refractivity contribution in [1.82, 2.24) is 4.72 Å². The zero-order valence-corrected chi connectivity index (χ0v) is 15.0. The van der Waals surface area contributed by atoms with Crippen molar-refractivity contribution in [2.45, 2.75) is 31.1 Å². The van der Waals surface area contributed by atoms with E-state index in [0.29, 0.717) is 6.61 Å². The van der Waals surface area contributed by atoms with Crippen molar-refractivity contribution in [2.24, 2.45) is 0 Å². The summed E-state index contributed by atoms with van der Waals surface area (Å²) >= 11 is 0. The van der Waals surface area contributed by atoms with Gasteiger partial charge in [0.15, 0.2) is 6.29 Å². The van der Waals surface area contributed by atoms with Crippen LogP contribution in [0.5, 0.6) is 0 Å². The number of hydrogen-bond acceptors (Lipinski definition) is 5. The van der Waals surface area contributed by atoms with Crippen LogP contribution in [0.3, 0.4) is 0 Å². The summed E-state index contributed by atoms with van der Waals surface area (Å²) in [6.07, 6.45) is -1.44. The monoisotopic (exact) mass is 375 g/mol. The molecule has 2 aromatic carbocycles. The van der Waals surface area contributed by atoms with E-state index in [-0.39, 0.29) is 18.5 Å². The van der Waals surface area contributed by atoms with Crippen LogP contribution < -0.4 is 4.72 Å². The van der Waals surface area contributed by atoms with Crippen LogP contribution in [0.4, 0.5) is 0 Å². The van der Waals surface area contributed by atoms with E-state index in [9.17, 15) is 8.42 Å². The number of benzene rings is 2. The summed E-state index contributed by atoms with van der Waals surface area (Å²) in [5.41, 5.74) is 1.91. The third-order valence-corrected chi connectivity index (χ3v) is 5.97. The second-order valence-corrected chi connectivity index (χ2v) is 8.32. The average molecular weight is 375 g/mol. The van der Waals surface area contributed by atoms with Crippen LogP contribution in [0.1, 0.15) is 17.4 Å². The summed E-state index contributed by atoms with van der Waals surface area (Å²) in [6, 6.07) is 18.8. The second-order valence-electron chi connectivity index (χ2n) is 6.52. The highest BCUT2D eigenvalue weighted by molar-refractivity contribution is 7.89. The highest BCUT2D eigenvalue weighted by Gasteiger charge is 2.48. The van der Waals surface area contributed by atoms with Gasteiger partial charge in [-0.2, -0.15) is 0 Å². The predicted molar refractivity (Wildman–Crippen MR) is 95.7 cm³/mol. The van der Waals surface area contributed by atoms with E-state index in [1.807, 2.05) is 60.7 Å². The average Bonchev–Trinajstić information content (AvgIpc) is 3.06. The SMILES string of the molecule is O=S1(=O)C[C@H]2O[C@@H](c3ccccc3)O[C@@H]2[C@@H](COCc2ccccc2)N1. The van der Waals surface area contributed by atoms with E-state index in [0.717, 1.165) is 11.1 Å². The van der Waals surface area contributed by atoms with Crippen LogP contribution in [-0.2, 0) is 30.8 Å². The number of rotatable bonds is 5. The molecule has 0 radical (unpaired) electrons. The maximum absolute atomic E-state index is 12.2. The van der Waals surface area contributed by atoms with Gasteiger partial charge >= 0.3 is 0 Å². The number of hydrogen-bond donors (Lipinski definition) is 1. The molecule has 0 spiro atoms. The number of ether oxygens (including phenoxy) is 3. The zero-order valence-electron chi connectivity index (χ0n) is 14.2. The van der Waals surface area contributed by atoms with Crippen molar-refractivity contribution in [3.8, 4) is 0 Å². The third kappa shape index (κ3) is 3.97. The van der Waals surface area contributed by atoms with E-state index >= 15 is 0 Å². The van der Waals surface area contributed by atoms with Crippen LogP contribution in [0.25, 0.3) is 0 Å². The highest BCUT2D eigenvalue weighted by Crippen LogP contribution is 2.35. The van der Waals surface area contributed by atoms with Crippen molar-refractivity contribution in [3.63, 3.8) is 0 Å². The normalized spacial score (nSPS) is 30.0. The molecule has 0 amide bonds. The Bertz CT molecular complexity index is 828. The van der Waals surface area contributed by atoms with Crippen molar-refractivity contribution in [2.75, 3.05) is 12.4 Å². The molecular formula is C19H21NO5S. The van der Waals surface area contributed by atoms with Gasteiger partial charge in [-0.25, -0.2) is 13.1 Å². The lowest BCUT2D eigenvalue weighted by molar-refractivity contribution is -0.0726. The Morgan fingerprint density at radius 1 is 1.00 bits per heavy atom. The maximum Gasteiger partial charge on any atom is 0.214 e. The van der Waals surface area contributed by atoms with Crippen molar-refractivity contribution in [3.05, 3.63) is 71.8 Å². The summed E-state index contributed by atoms with van der Waals surface area (Å²) in [6.45, 7) is 0.638. The first kappa shape index (κ1) is 17.6. The fourth-order valence-electron chi connectivity index (χ4n) is 3.32. The van der Waals surface area contributed by atoms with Crippen LogP contribution in [0.15, 0.2) is 60.7 Å². The Balaban J connectivity index is 1.44. The molecule has 2 fully saturated rings. The lowest BCUT2D eigenvalue weighted by Crippen LogP contribution is -2.57. The Morgan fingerprint density at radius 2 is 1.69 bits per heavy atom. The van der Waals surface area contributed by atoms with Gasteiger partial charge in [0.1, 0.15) is 12.2 Å². The van der Waals surface area contributed by atoms with E-state index < -0.39 is 28.5 Å². The molecule has 7 heteroatoms. The molecule has 26 heavy (non-hydrogen) atoms. The van der Waals surface area contributed by atoms with Crippen molar-refractivity contribution < 1.29 is 22.6 Å². The zero-order chi connectivity index (χ0) is 18.0. The van der Waals surface area contributed by atoms with E-state index in [4.69, 9.17) is 14.2 Å². The van der Waals surface area contributed by atoms with Gasteiger partial charge in [-0.05, 0) is 5.56 Å². The Hall–Kier alpha value is -1.77. The first-order valence-electron chi connectivity index (χ1n) is 8.58. The molecule has 0 saturated carbocycles. The fourth-order valence-corrected chi connectivity index (χ4v) is 4.78. The topological polar surface area (TPSA) is 73.9 Å². The summed E-state index contributed by atoms with van der Waals surface area (Å²) in [5, 5.41) is 0. The molecule has 0 aromatic heterocycles. The largest absolute Gasteiger partial charge is 0.375 e. The molecule has 0 unspecified atom stereocenters. The number of fused-ring (bicyclic) bond motifs is 1. The van der Waals surface area contributed by atoms with Crippen molar-refractivity contribution >= 4 is 10.0 Å². The summed E-state index contributed by atoms with van der Waals surface area (Å²) < 4.78 is 44.7. The molecule has 2 heterocycles. The summed E-state index contributed by atoms with van der Waals surface area (Å²) in [7, 11) is -3.42. The van der Waals surface area contributed by atoms with Gasteiger partial charge in [0.2, 0.25) is 10.0 Å². The van der Waals surface area contributed by atoms with Crippen LogP contribution in [0, 0.1) is 0 Å². The number of sulfonamides is 1. The van der Waals surface area contributed by atoms with Crippen molar-refractivity contribution in [1.29, 1.82) is 0 Å². The standard InChI is InChI=1S/C19H21NO5S/c21-26(22)13-17-18(25-19(24-17)15-9-5-2-6-10-15)16(20-26)12-23-11-14-7-3-1-4-8-14/h1-10,16-20H,11-13H2/t16-,17-,18-,19-/m1/s1. The molecular weight excluding hydrogens is 354 g/mol. The summed E-state index contributed by atoms with van der Waals surface area (Å²) in [5.74, 6) is -0.101. The van der Waals surface area contributed by atoms with Gasteiger partial charge in [0.25, 0.3) is 0 Å². The lowest BCUT2D eigenvalue weighted by atomic mass is 10.1. The second kappa shape index (κ2) is 7.46. The number of nitrogens with one attached hydrogen (secondary N) is 1. The molecule has 2 aliphatic heterocycles. The van der Waals surface area contributed by atoms with Gasteiger partial charge < -0.3 is 14.2 Å². The molecule has 0 aliphatic carbocycles. The predicted octanol–water partition coefficient (Wildman–Crippen LogP) is 1.99. The lowest BCUT2D eigenvalue weighted by Gasteiger charge is -2.31. The molecule has 0 bridgehead atoms. The molecule has 4 atom stereocenters. The summed E-state index contributed by atoms with van der Waals surface area (Å²) in [4.78, 5) is 0. The molecule has 138 valence electrons. The third-order valence-electron chi connectivity index (χ3n) is 4.54. The molecule has 2 saturated heterocycles. The van der Waals surface area contributed by atoms with Gasteiger partial charge in [0, 0.05) is 5.56 Å². The molecule has 6 nitrogen and oxygen atoms in total. The van der Waals surface area contributed by atoms with Crippen LogP contribution in [-0.4, -0.2) is 39.0 Å². The minimum atomic E-state index is -3.42. The Morgan fingerprint density at radius 3 is 2.42 bits per heavy atom. The quantitative estimate of drug-likeness (QED) is 0.865. The smallest absolute Gasteiger partial charge is 0.214 e. The first-order valence-corrected chi connectivity index (χ1v) is 10.2. The molecule has 2 aromatic rings. The van der Waals surface area contributed by atoms with Gasteiger partial charge in [0.05, 0.1) is 25.0 Å². The van der Waals surface area contributed by atoms with Gasteiger partial charge in [-0.15, -0.1) is 0 Å². The first-order chi connectivity index (χ1) is 12.6. The molecule has 4 rings (SSSR count). The Labute approximate surface area is 153 Å². The van der Waals surface area contributed by atoms with E-state index in [2.05, 4.69) is 4.72 Å². The fraction of sp³-hybridized carbons (Fsp3) is 0.368. The maximum atomic E-state index is 12.2. The van der Waals surface area contributed by atoms with Crippen LogP contribution >= 0.6 is 0 Å². The van der Waals surface area contributed by atoms with E-state index in [1.165, 1.54) is 0 Å². The molecule has 1 N–H and O–H groups in total. The molecule has 2 aliphatic rings. The van der Waals surface area contributed by atoms with E-state index in [1.54, 1.807) is 0 Å². The van der Waals surface area contributed by atoms with Gasteiger partial charge in [-0.3, -0.25) is 0 Å².